The van der Waals surface area contributed by atoms with Gasteiger partial charge in [0.25, 0.3) is 0 Å². The first-order valence-corrected chi connectivity index (χ1v) is 12.2. The molecule has 8 nitrogen and oxygen atoms in total. The molecule has 0 unspecified atom stereocenters. The fourth-order valence-corrected chi connectivity index (χ4v) is 4.39. The van der Waals surface area contributed by atoms with Crippen LogP contribution in [0.1, 0.15) is 29.7 Å². The number of esters is 1. The van der Waals surface area contributed by atoms with E-state index in [1.807, 2.05) is 31.2 Å². The van der Waals surface area contributed by atoms with E-state index in [0.29, 0.717) is 45.9 Å². The molecule has 10 heteroatoms. The minimum atomic E-state index is -0.669. The summed E-state index contributed by atoms with van der Waals surface area (Å²) in [5.74, 6) is 0.624. The van der Waals surface area contributed by atoms with Gasteiger partial charge in [0.05, 0.1) is 25.0 Å². The number of hydrogen-bond acceptors (Lipinski definition) is 7. The number of aromatic nitrogens is 3. The number of fused-ring (bicyclic) bond motifs is 1. The van der Waals surface area contributed by atoms with Crippen LogP contribution in [0.2, 0.25) is 5.02 Å². The van der Waals surface area contributed by atoms with Crippen LogP contribution in [0.5, 0.6) is 11.5 Å². The molecular formula is C28H24ClFN4O4. The van der Waals surface area contributed by atoms with E-state index in [1.54, 1.807) is 35.0 Å². The lowest BCUT2D eigenvalue weighted by Gasteiger charge is -2.29. The Hall–Kier alpha value is -4.37. The lowest BCUT2D eigenvalue weighted by molar-refractivity contribution is -0.136. The number of benzene rings is 3. The molecule has 2 heterocycles. The van der Waals surface area contributed by atoms with Crippen molar-refractivity contribution in [3.05, 3.63) is 106 Å². The van der Waals surface area contributed by atoms with E-state index in [2.05, 4.69) is 15.4 Å². The molecule has 1 N–H and O–H groups in total. The number of nitrogens with one attached hydrogen (secondary N) is 1. The smallest absolute Gasteiger partial charge is 0.338 e. The molecule has 38 heavy (non-hydrogen) atoms. The highest BCUT2D eigenvalue weighted by Crippen LogP contribution is 2.41. The average Bonchev–Trinajstić information content (AvgIpc) is 3.41. The molecule has 194 valence electrons. The molecule has 0 saturated heterocycles. The number of ether oxygens (including phenoxy) is 3. The molecule has 1 atom stereocenters. The summed E-state index contributed by atoms with van der Waals surface area (Å²) in [6.07, 6.45) is 1.42. The molecule has 1 aliphatic rings. The summed E-state index contributed by atoms with van der Waals surface area (Å²) in [5, 5.41) is 8.17. The van der Waals surface area contributed by atoms with Gasteiger partial charge in [-0.2, -0.15) is 10.1 Å². The highest BCUT2D eigenvalue weighted by atomic mass is 35.5. The van der Waals surface area contributed by atoms with Crippen molar-refractivity contribution in [1.82, 2.24) is 14.8 Å². The van der Waals surface area contributed by atoms with Crippen molar-refractivity contribution in [2.45, 2.75) is 19.6 Å². The second-order valence-electron chi connectivity index (χ2n) is 8.40. The van der Waals surface area contributed by atoms with Crippen molar-refractivity contribution in [2.75, 3.05) is 19.0 Å². The third-order valence-corrected chi connectivity index (χ3v) is 6.28. The molecule has 4 aromatic rings. The Labute approximate surface area is 223 Å². The number of hydrogen-bond donors (Lipinski definition) is 1. The van der Waals surface area contributed by atoms with Crippen LogP contribution in [0, 0.1) is 5.82 Å². The van der Waals surface area contributed by atoms with Crippen molar-refractivity contribution in [1.29, 1.82) is 0 Å². The summed E-state index contributed by atoms with van der Waals surface area (Å²) < 4.78 is 32.0. The van der Waals surface area contributed by atoms with Gasteiger partial charge < -0.3 is 19.5 Å². The van der Waals surface area contributed by atoms with Gasteiger partial charge in [0.1, 0.15) is 24.8 Å². The van der Waals surface area contributed by atoms with E-state index in [1.165, 1.54) is 25.6 Å². The van der Waals surface area contributed by atoms with Gasteiger partial charge in [-0.15, -0.1) is 0 Å². The zero-order chi connectivity index (χ0) is 26.6. The molecule has 0 radical (unpaired) electrons. The van der Waals surface area contributed by atoms with Gasteiger partial charge in [0.15, 0.2) is 11.5 Å². The third-order valence-electron chi connectivity index (χ3n) is 6.03. The Kier molecular flexibility index (Phi) is 7.28. The molecule has 5 rings (SSSR count). The first-order valence-electron chi connectivity index (χ1n) is 11.9. The monoisotopic (exact) mass is 534 g/mol. The van der Waals surface area contributed by atoms with Gasteiger partial charge >= 0.3 is 5.97 Å². The van der Waals surface area contributed by atoms with Crippen LogP contribution in [0.3, 0.4) is 0 Å². The second kappa shape index (κ2) is 10.9. The molecule has 0 fully saturated rings. The normalized spacial score (nSPS) is 14.5. The fourth-order valence-electron chi connectivity index (χ4n) is 4.27. The minimum Gasteiger partial charge on any atom is -0.490 e. The summed E-state index contributed by atoms with van der Waals surface area (Å²) in [6, 6.07) is 18.0. The van der Waals surface area contributed by atoms with Gasteiger partial charge in [-0.05, 0) is 60.0 Å². The van der Waals surface area contributed by atoms with E-state index >= 15 is 0 Å². The maximum absolute atomic E-state index is 13.3. The quantitative estimate of drug-likeness (QED) is 0.292. The zero-order valence-corrected chi connectivity index (χ0v) is 21.4. The largest absolute Gasteiger partial charge is 0.490 e. The van der Waals surface area contributed by atoms with E-state index < -0.39 is 12.0 Å². The van der Waals surface area contributed by atoms with Crippen molar-refractivity contribution >= 4 is 29.2 Å². The lowest BCUT2D eigenvalue weighted by Crippen LogP contribution is -2.29. The Morgan fingerprint density at radius 1 is 1.05 bits per heavy atom. The zero-order valence-electron chi connectivity index (χ0n) is 20.7. The van der Waals surface area contributed by atoms with E-state index in [9.17, 15) is 9.18 Å². The number of halogens is 2. The third kappa shape index (κ3) is 5.05. The topological polar surface area (TPSA) is 87.5 Å². The van der Waals surface area contributed by atoms with Gasteiger partial charge in [0, 0.05) is 5.02 Å². The molecule has 0 bridgehead atoms. The van der Waals surface area contributed by atoms with Crippen LogP contribution >= 0.6 is 11.6 Å². The summed E-state index contributed by atoms with van der Waals surface area (Å²) >= 11 is 6.10. The maximum atomic E-state index is 13.3. The lowest BCUT2D eigenvalue weighted by atomic mass is 9.92. The predicted molar refractivity (Wildman–Crippen MR) is 141 cm³/mol. The molecule has 1 aromatic heterocycles. The van der Waals surface area contributed by atoms with Gasteiger partial charge in [-0.3, -0.25) is 0 Å². The van der Waals surface area contributed by atoms with Crippen molar-refractivity contribution in [2.24, 2.45) is 0 Å². The van der Waals surface area contributed by atoms with Crippen LogP contribution in [0.4, 0.5) is 10.3 Å². The van der Waals surface area contributed by atoms with Crippen molar-refractivity contribution in [3.8, 4) is 11.5 Å². The molecule has 3 aromatic carbocycles. The fraction of sp³-hybridized carbons (Fsp3) is 0.179. The van der Waals surface area contributed by atoms with Gasteiger partial charge in [0.2, 0.25) is 5.95 Å². The highest BCUT2D eigenvalue weighted by molar-refractivity contribution is 6.30. The Balaban J connectivity index is 1.58. The van der Waals surface area contributed by atoms with E-state index in [-0.39, 0.29) is 12.4 Å². The number of rotatable bonds is 8. The first-order chi connectivity index (χ1) is 18.5. The summed E-state index contributed by atoms with van der Waals surface area (Å²) in [4.78, 5) is 17.5. The summed E-state index contributed by atoms with van der Waals surface area (Å²) in [6.45, 7) is 2.50. The standard InChI is InChI=1S/C28H24ClFN4O4/c1-3-37-23-14-19(8-13-22(23)38-15-17-4-11-21(30)12-5-17)26-24(27(35)36-2)25(18-6-9-20(29)10-7-18)33-28-31-16-32-34(26)28/h4-14,16,26H,3,15H2,1-2H3,(H,31,32,33)/t26-/m1/s1. The summed E-state index contributed by atoms with van der Waals surface area (Å²) in [5.41, 5.74) is 3.14. The van der Waals surface area contributed by atoms with Crippen LogP contribution in [0.25, 0.3) is 5.70 Å². The summed E-state index contributed by atoms with van der Waals surface area (Å²) in [7, 11) is 1.33. The molecule has 1 aliphatic heterocycles. The molecule has 0 saturated carbocycles. The van der Waals surface area contributed by atoms with Crippen molar-refractivity contribution < 1.29 is 23.4 Å². The van der Waals surface area contributed by atoms with E-state index in [0.717, 1.165) is 11.1 Å². The Morgan fingerprint density at radius 2 is 1.82 bits per heavy atom. The predicted octanol–water partition coefficient (Wildman–Crippen LogP) is 5.65. The van der Waals surface area contributed by atoms with Crippen LogP contribution in [-0.4, -0.2) is 34.5 Å². The molecular weight excluding hydrogens is 511 g/mol. The SMILES string of the molecule is CCOc1cc([C@@H]2C(C(=O)OC)=C(c3ccc(Cl)cc3)Nc3ncnn32)ccc1OCc1ccc(F)cc1. The Morgan fingerprint density at radius 3 is 2.53 bits per heavy atom. The van der Waals surface area contributed by atoms with Crippen LogP contribution in [-0.2, 0) is 16.1 Å². The van der Waals surface area contributed by atoms with E-state index in [4.69, 9.17) is 25.8 Å². The van der Waals surface area contributed by atoms with Gasteiger partial charge in [-0.25, -0.2) is 13.9 Å². The number of anilines is 1. The number of carbonyl (C=O) groups is 1. The van der Waals surface area contributed by atoms with Gasteiger partial charge in [-0.1, -0.05) is 41.9 Å². The number of carbonyl (C=O) groups excluding carboxylic acids is 1. The number of methoxy groups -OCH3 is 1. The molecule has 0 aliphatic carbocycles. The average molecular weight is 535 g/mol. The highest BCUT2D eigenvalue weighted by Gasteiger charge is 2.36. The number of nitrogens with zero attached hydrogens (tertiary/aromatic N) is 3. The maximum Gasteiger partial charge on any atom is 0.338 e. The molecule has 0 amide bonds. The first kappa shape index (κ1) is 25.3. The minimum absolute atomic E-state index is 0.230. The van der Waals surface area contributed by atoms with Crippen LogP contribution in [0.15, 0.2) is 78.6 Å². The second-order valence-corrected chi connectivity index (χ2v) is 8.83. The van der Waals surface area contributed by atoms with Crippen LogP contribution < -0.4 is 14.8 Å². The molecule has 0 spiro atoms. The van der Waals surface area contributed by atoms with Crippen molar-refractivity contribution in [3.63, 3.8) is 0 Å². The Bertz CT molecular complexity index is 1490.